The zero-order valence-electron chi connectivity index (χ0n) is 14.5. The Morgan fingerprint density at radius 2 is 2.00 bits per heavy atom. The van der Waals surface area contributed by atoms with E-state index in [-0.39, 0.29) is 5.97 Å². The molecular formula is C17H34N2O2. The lowest BCUT2D eigenvalue weighted by Gasteiger charge is -2.40. The van der Waals surface area contributed by atoms with Crippen LogP contribution in [0.15, 0.2) is 0 Å². The number of hydrogen-bond acceptors (Lipinski definition) is 4. The second-order valence-corrected chi connectivity index (χ2v) is 7.10. The Balaban J connectivity index is 2.45. The minimum absolute atomic E-state index is 0.0824. The Morgan fingerprint density at radius 3 is 2.57 bits per heavy atom. The van der Waals surface area contributed by atoms with Crippen molar-refractivity contribution < 1.29 is 9.53 Å². The van der Waals surface area contributed by atoms with Crippen molar-refractivity contribution in [1.82, 2.24) is 10.2 Å². The first-order valence-electron chi connectivity index (χ1n) is 8.46. The van der Waals surface area contributed by atoms with Crippen LogP contribution in [0.25, 0.3) is 0 Å². The number of methoxy groups -OCH3 is 1. The van der Waals surface area contributed by atoms with Crippen molar-refractivity contribution in [3.63, 3.8) is 0 Å². The zero-order chi connectivity index (χ0) is 15.8. The molecule has 0 aliphatic carbocycles. The number of nitrogens with one attached hydrogen (secondary N) is 1. The summed E-state index contributed by atoms with van der Waals surface area (Å²) in [6.07, 6.45) is 3.90. The third kappa shape index (κ3) is 7.28. The van der Waals surface area contributed by atoms with Crippen LogP contribution in [0, 0.1) is 11.8 Å². The van der Waals surface area contributed by atoms with E-state index in [9.17, 15) is 4.79 Å². The van der Waals surface area contributed by atoms with Crippen LogP contribution in [-0.4, -0.2) is 49.7 Å². The smallest absolute Gasteiger partial charge is 0.305 e. The third-order valence-electron chi connectivity index (χ3n) is 4.43. The quantitative estimate of drug-likeness (QED) is 0.700. The lowest BCUT2D eigenvalue weighted by atomic mass is 9.89. The van der Waals surface area contributed by atoms with E-state index in [0.717, 1.165) is 32.0 Å². The van der Waals surface area contributed by atoms with E-state index in [1.54, 1.807) is 0 Å². The van der Waals surface area contributed by atoms with E-state index in [1.807, 2.05) is 0 Å². The number of carbonyl (C=O) groups is 1. The molecule has 4 nitrogen and oxygen atoms in total. The molecule has 21 heavy (non-hydrogen) atoms. The molecule has 2 unspecified atom stereocenters. The summed E-state index contributed by atoms with van der Waals surface area (Å²) in [6, 6.07) is 1.13. The molecule has 4 heteroatoms. The van der Waals surface area contributed by atoms with E-state index in [2.05, 4.69) is 37.9 Å². The summed E-state index contributed by atoms with van der Waals surface area (Å²) >= 11 is 0. The Bertz CT molecular complexity index is 305. The molecule has 1 saturated heterocycles. The number of ether oxygens (including phenoxy) is 1. The SMILES string of the molecule is COC(=O)CCC1CC(NCCC(C)C)CN(C(C)C)C1. The normalized spacial score (nSPS) is 23.8. The molecule has 0 amide bonds. The van der Waals surface area contributed by atoms with Gasteiger partial charge in [0.05, 0.1) is 7.11 Å². The van der Waals surface area contributed by atoms with Gasteiger partial charge >= 0.3 is 5.97 Å². The number of esters is 1. The summed E-state index contributed by atoms with van der Waals surface area (Å²) in [4.78, 5) is 13.9. The van der Waals surface area contributed by atoms with Gasteiger partial charge < -0.3 is 10.1 Å². The van der Waals surface area contributed by atoms with Crippen molar-refractivity contribution in [3.05, 3.63) is 0 Å². The Kier molecular flexibility index (Phi) is 8.27. The highest BCUT2D eigenvalue weighted by atomic mass is 16.5. The average molecular weight is 298 g/mol. The molecule has 1 heterocycles. The maximum Gasteiger partial charge on any atom is 0.305 e. The fourth-order valence-corrected chi connectivity index (χ4v) is 3.02. The molecule has 0 radical (unpaired) electrons. The van der Waals surface area contributed by atoms with Gasteiger partial charge in [-0.25, -0.2) is 0 Å². The molecule has 0 aromatic heterocycles. The van der Waals surface area contributed by atoms with Crippen LogP contribution >= 0.6 is 0 Å². The number of rotatable bonds is 8. The molecule has 0 aromatic rings. The Hall–Kier alpha value is -0.610. The van der Waals surface area contributed by atoms with Gasteiger partial charge in [-0.2, -0.15) is 0 Å². The first-order chi connectivity index (χ1) is 9.92. The molecule has 0 aromatic carbocycles. The number of hydrogen-bond donors (Lipinski definition) is 1. The molecule has 1 aliphatic rings. The fourth-order valence-electron chi connectivity index (χ4n) is 3.02. The predicted octanol–water partition coefficient (Wildman–Crippen LogP) is 2.67. The largest absolute Gasteiger partial charge is 0.469 e. The van der Waals surface area contributed by atoms with Gasteiger partial charge in [-0.1, -0.05) is 13.8 Å². The van der Waals surface area contributed by atoms with Gasteiger partial charge in [0, 0.05) is 31.6 Å². The van der Waals surface area contributed by atoms with Crippen LogP contribution in [-0.2, 0) is 9.53 Å². The van der Waals surface area contributed by atoms with Crippen LogP contribution in [0.5, 0.6) is 0 Å². The molecule has 0 saturated carbocycles. The van der Waals surface area contributed by atoms with Crippen molar-refractivity contribution in [2.75, 3.05) is 26.7 Å². The highest BCUT2D eigenvalue weighted by Crippen LogP contribution is 2.23. The summed E-state index contributed by atoms with van der Waals surface area (Å²) in [7, 11) is 1.47. The van der Waals surface area contributed by atoms with Gasteiger partial charge in [0.15, 0.2) is 0 Å². The van der Waals surface area contributed by atoms with E-state index >= 15 is 0 Å². The molecular weight excluding hydrogens is 264 g/mol. The first-order valence-corrected chi connectivity index (χ1v) is 8.46. The van der Waals surface area contributed by atoms with Crippen molar-refractivity contribution in [1.29, 1.82) is 0 Å². The van der Waals surface area contributed by atoms with Gasteiger partial charge in [-0.05, 0) is 51.5 Å². The average Bonchev–Trinajstić information content (AvgIpc) is 2.44. The lowest BCUT2D eigenvalue weighted by molar-refractivity contribution is -0.141. The minimum atomic E-state index is -0.0824. The highest BCUT2D eigenvalue weighted by Gasteiger charge is 2.28. The van der Waals surface area contributed by atoms with Crippen molar-refractivity contribution >= 4 is 5.97 Å². The van der Waals surface area contributed by atoms with E-state index in [4.69, 9.17) is 4.74 Å². The minimum Gasteiger partial charge on any atom is -0.469 e. The van der Waals surface area contributed by atoms with Gasteiger partial charge in [0.25, 0.3) is 0 Å². The van der Waals surface area contributed by atoms with Crippen molar-refractivity contribution in [2.24, 2.45) is 11.8 Å². The summed E-state index contributed by atoms with van der Waals surface area (Å²) in [5.74, 6) is 1.26. The van der Waals surface area contributed by atoms with E-state index < -0.39 is 0 Å². The standard InChI is InChI=1S/C17H34N2O2/c1-13(2)8-9-18-16-10-15(6-7-17(20)21-5)11-19(12-16)14(3)4/h13-16,18H,6-12H2,1-5H3. The molecule has 0 spiro atoms. The number of likely N-dealkylation sites (tertiary alicyclic amines) is 1. The summed E-state index contributed by atoms with van der Waals surface area (Å²) < 4.78 is 4.77. The maximum absolute atomic E-state index is 11.3. The fraction of sp³-hybridized carbons (Fsp3) is 0.941. The van der Waals surface area contributed by atoms with Gasteiger partial charge in [-0.3, -0.25) is 9.69 Å². The van der Waals surface area contributed by atoms with E-state index in [1.165, 1.54) is 20.0 Å². The zero-order valence-corrected chi connectivity index (χ0v) is 14.5. The second-order valence-electron chi connectivity index (χ2n) is 7.10. The van der Waals surface area contributed by atoms with Gasteiger partial charge in [0.2, 0.25) is 0 Å². The molecule has 1 N–H and O–H groups in total. The Labute approximate surface area is 130 Å². The lowest BCUT2D eigenvalue weighted by Crippen LogP contribution is -2.51. The third-order valence-corrected chi connectivity index (χ3v) is 4.43. The number of piperidine rings is 1. The summed E-state index contributed by atoms with van der Waals surface area (Å²) in [5.41, 5.74) is 0. The van der Waals surface area contributed by atoms with Crippen LogP contribution in [0.2, 0.25) is 0 Å². The number of carbonyl (C=O) groups excluding carboxylic acids is 1. The Morgan fingerprint density at radius 1 is 1.29 bits per heavy atom. The van der Waals surface area contributed by atoms with Crippen LogP contribution in [0.1, 0.15) is 53.4 Å². The van der Waals surface area contributed by atoms with Crippen LogP contribution < -0.4 is 5.32 Å². The summed E-state index contributed by atoms with van der Waals surface area (Å²) in [6.45, 7) is 12.4. The predicted molar refractivity (Wildman–Crippen MR) is 87.3 cm³/mol. The molecule has 1 aliphatic heterocycles. The van der Waals surface area contributed by atoms with E-state index in [0.29, 0.717) is 24.4 Å². The summed E-state index contributed by atoms with van der Waals surface area (Å²) in [5, 5.41) is 3.71. The van der Waals surface area contributed by atoms with Crippen LogP contribution in [0.3, 0.4) is 0 Å². The highest BCUT2D eigenvalue weighted by molar-refractivity contribution is 5.69. The van der Waals surface area contributed by atoms with Gasteiger partial charge in [0.1, 0.15) is 0 Å². The monoisotopic (exact) mass is 298 g/mol. The van der Waals surface area contributed by atoms with Crippen LogP contribution in [0.4, 0.5) is 0 Å². The second kappa shape index (κ2) is 9.42. The molecule has 1 rings (SSSR count). The molecule has 2 atom stereocenters. The van der Waals surface area contributed by atoms with Gasteiger partial charge in [-0.15, -0.1) is 0 Å². The molecule has 0 bridgehead atoms. The van der Waals surface area contributed by atoms with Crippen molar-refractivity contribution in [2.45, 2.75) is 65.5 Å². The molecule has 124 valence electrons. The maximum atomic E-state index is 11.3. The number of nitrogens with zero attached hydrogens (tertiary/aromatic N) is 1. The first kappa shape index (κ1) is 18.4. The molecule has 1 fully saturated rings. The topological polar surface area (TPSA) is 41.6 Å². The van der Waals surface area contributed by atoms with Crippen molar-refractivity contribution in [3.8, 4) is 0 Å².